The first-order valence-electron chi connectivity index (χ1n) is 5.59. The summed E-state index contributed by atoms with van der Waals surface area (Å²) in [6.07, 6.45) is 0. The molecule has 0 bridgehead atoms. The van der Waals surface area contributed by atoms with Crippen molar-refractivity contribution in [3.05, 3.63) is 52.2 Å². The van der Waals surface area contributed by atoms with Gasteiger partial charge >= 0.3 is 0 Å². The summed E-state index contributed by atoms with van der Waals surface area (Å²) in [6.45, 7) is 2.02. The highest BCUT2D eigenvalue weighted by molar-refractivity contribution is 7.91. The Hall–Kier alpha value is -0.880. The molecule has 0 aliphatic heterocycles. The van der Waals surface area contributed by atoms with E-state index in [-0.39, 0.29) is 19.0 Å². The van der Waals surface area contributed by atoms with Crippen molar-refractivity contribution < 1.29 is 8.42 Å². The van der Waals surface area contributed by atoms with E-state index in [4.69, 9.17) is 5.73 Å². The van der Waals surface area contributed by atoms with Crippen molar-refractivity contribution in [2.24, 2.45) is 5.73 Å². The van der Waals surface area contributed by atoms with Gasteiger partial charge in [0.05, 0.1) is 4.90 Å². The number of aryl methyl sites for hydroxylation is 1. The SMILES string of the molecule is Cc1ccc(S(=O)(=O)C(CN)c2cccs2)cc1.Cl. The number of hydrogen-bond donors (Lipinski definition) is 1. The predicted molar refractivity (Wildman–Crippen MR) is 81.7 cm³/mol. The van der Waals surface area contributed by atoms with Gasteiger partial charge in [0.2, 0.25) is 0 Å². The second-order valence-corrected chi connectivity index (χ2v) is 7.21. The molecule has 6 heteroatoms. The number of benzene rings is 1. The highest BCUT2D eigenvalue weighted by Gasteiger charge is 2.28. The van der Waals surface area contributed by atoms with Crippen LogP contribution in [0.1, 0.15) is 15.7 Å². The first kappa shape index (κ1) is 16.2. The molecule has 1 aromatic carbocycles. The van der Waals surface area contributed by atoms with Crippen LogP contribution in [0.15, 0.2) is 46.7 Å². The fraction of sp³-hybridized carbons (Fsp3) is 0.231. The average molecular weight is 318 g/mol. The molecule has 104 valence electrons. The van der Waals surface area contributed by atoms with Gasteiger partial charge in [-0.05, 0) is 30.5 Å². The second kappa shape index (κ2) is 6.52. The Kier molecular flexibility index (Phi) is 5.55. The van der Waals surface area contributed by atoms with Gasteiger partial charge in [0.25, 0.3) is 0 Å². The van der Waals surface area contributed by atoms with Crippen LogP contribution in [0.3, 0.4) is 0 Å². The van der Waals surface area contributed by atoms with E-state index in [9.17, 15) is 8.42 Å². The topological polar surface area (TPSA) is 60.2 Å². The predicted octanol–water partition coefficient (Wildman–Crippen LogP) is 2.95. The summed E-state index contributed by atoms with van der Waals surface area (Å²) in [5.41, 5.74) is 6.68. The molecule has 19 heavy (non-hydrogen) atoms. The summed E-state index contributed by atoms with van der Waals surface area (Å²) in [4.78, 5) is 1.12. The molecule has 0 saturated carbocycles. The highest BCUT2D eigenvalue weighted by Crippen LogP contribution is 2.30. The zero-order valence-electron chi connectivity index (χ0n) is 10.4. The van der Waals surface area contributed by atoms with Gasteiger partial charge in [-0.1, -0.05) is 23.8 Å². The van der Waals surface area contributed by atoms with Crippen LogP contribution in [0.25, 0.3) is 0 Å². The fourth-order valence-corrected chi connectivity index (χ4v) is 4.51. The minimum atomic E-state index is -3.41. The molecule has 0 spiro atoms. The lowest BCUT2D eigenvalue weighted by Crippen LogP contribution is -2.21. The van der Waals surface area contributed by atoms with Gasteiger partial charge in [-0.2, -0.15) is 0 Å². The van der Waals surface area contributed by atoms with Crippen LogP contribution in [-0.4, -0.2) is 15.0 Å². The summed E-state index contributed by atoms with van der Waals surface area (Å²) in [7, 11) is -3.41. The molecule has 2 rings (SSSR count). The zero-order chi connectivity index (χ0) is 13.2. The van der Waals surface area contributed by atoms with Crippen LogP contribution in [0.2, 0.25) is 0 Å². The van der Waals surface area contributed by atoms with Gasteiger partial charge in [-0.15, -0.1) is 23.7 Å². The van der Waals surface area contributed by atoms with Gasteiger partial charge in [0, 0.05) is 11.4 Å². The second-order valence-electron chi connectivity index (χ2n) is 4.10. The zero-order valence-corrected chi connectivity index (χ0v) is 12.9. The summed E-state index contributed by atoms with van der Waals surface area (Å²) in [5, 5.41) is 1.21. The van der Waals surface area contributed by atoms with Crippen molar-refractivity contribution in [2.75, 3.05) is 6.54 Å². The maximum Gasteiger partial charge on any atom is 0.187 e. The molecule has 3 nitrogen and oxygen atoms in total. The average Bonchev–Trinajstić information content (AvgIpc) is 2.84. The van der Waals surface area contributed by atoms with Gasteiger partial charge in [0.1, 0.15) is 5.25 Å². The van der Waals surface area contributed by atoms with Crippen LogP contribution in [0.4, 0.5) is 0 Å². The van der Waals surface area contributed by atoms with Crippen molar-refractivity contribution in [2.45, 2.75) is 17.1 Å². The minimum absolute atomic E-state index is 0. The quantitative estimate of drug-likeness (QED) is 0.943. The van der Waals surface area contributed by atoms with E-state index in [1.165, 1.54) is 11.3 Å². The van der Waals surface area contributed by atoms with Gasteiger partial charge in [-0.3, -0.25) is 0 Å². The summed E-state index contributed by atoms with van der Waals surface area (Å²) in [6, 6.07) is 10.5. The largest absolute Gasteiger partial charge is 0.329 e. The van der Waals surface area contributed by atoms with E-state index in [1.54, 1.807) is 24.3 Å². The van der Waals surface area contributed by atoms with Crippen molar-refractivity contribution in [3.8, 4) is 0 Å². The molecule has 0 amide bonds. The third-order valence-electron chi connectivity index (χ3n) is 2.80. The lowest BCUT2D eigenvalue weighted by molar-refractivity contribution is 0.583. The molecule has 2 aromatic rings. The molecule has 0 radical (unpaired) electrons. The number of halogens is 1. The first-order valence-corrected chi connectivity index (χ1v) is 8.02. The Labute approximate surface area is 123 Å². The monoisotopic (exact) mass is 317 g/mol. The molecule has 0 fully saturated rings. The Morgan fingerprint density at radius 3 is 2.32 bits per heavy atom. The van der Waals surface area contributed by atoms with E-state index >= 15 is 0 Å². The molecular weight excluding hydrogens is 302 g/mol. The number of sulfone groups is 1. The maximum atomic E-state index is 12.5. The van der Waals surface area contributed by atoms with E-state index in [0.29, 0.717) is 4.90 Å². The normalized spacial score (nSPS) is 12.7. The summed E-state index contributed by atoms with van der Waals surface area (Å²) < 4.78 is 25.0. The lowest BCUT2D eigenvalue weighted by Gasteiger charge is -2.14. The lowest BCUT2D eigenvalue weighted by atomic mass is 10.2. The Morgan fingerprint density at radius 2 is 1.84 bits per heavy atom. The molecular formula is C13H16ClNO2S2. The molecule has 1 atom stereocenters. The first-order chi connectivity index (χ1) is 8.55. The van der Waals surface area contributed by atoms with Crippen LogP contribution < -0.4 is 5.73 Å². The fourth-order valence-electron chi connectivity index (χ4n) is 1.76. The molecule has 1 unspecified atom stereocenters. The van der Waals surface area contributed by atoms with Crippen LogP contribution >= 0.6 is 23.7 Å². The van der Waals surface area contributed by atoms with E-state index < -0.39 is 15.1 Å². The van der Waals surface area contributed by atoms with Crippen LogP contribution in [-0.2, 0) is 9.84 Å². The van der Waals surface area contributed by atoms with Gasteiger partial charge in [-0.25, -0.2) is 8.42 Å². The third kappa shape index (κ3) is 3.36. The van der Waals surface area contributed by atoms with Crippen molar-refractivity contribution in [3.63, 3.8) is 0 Å². The van der Waals surface area contributed by atoms with E-state index in [0.717, 1.165) is 10.4 Å². The Balaban J connectivity index is 0.00000180. The van der Waals surface area contributed by atoms with Crippen LogP contribution in [0.5, 0.6) is 0 Å². The van der Waals surface area contributed by atoms with E-state index in [2.05, 4.69) is 0 Å². The molecule has 0 saturated heterocycles. The minimum Gasteiger partial charge on any atom is -0.329 e. The van der Waals surface area contributed by atoms with Crippen LogP contribution in [0, 0.1) is 6.92 Å². The Bertz CT molecular complexity index is 607. The summed E-state index contributed by atoms with van der Waals surface area (Å²) >= 11 is 1.42. The van der Waals surface area contributed by atoms with Crippen molar-refractivity contribution in [1.29, 1.82) is 0 Å². The van der Waals surface area contributed by atoms with E-state index in [1.807, 2.05) is 24.4 Å². The van der Waals surface area contributed by atoms with Crippen molar-refractivity contribution >= 4 is 33.6 Å². The highest BCUT2D eigenvalue weighted by atomic mass is 35.5. The molecule has 2 N–H and O–H groups in total. The number of hydrogen-bond acceptors (Lipinski definition) is 4. The maximum absolute atomic E-state index is 12.5. The molecule has 0 aliphatic carbocycles. The number of rotatable bonds is 4. The number of nitrogens with two attached hydrogens (primary N) is 1. The Morgan fingerprint density at radius 1 is 1.21 bits per heavy atom. The molecule has 0 aliphatic rings. The molecule has 1 aromatic heterocycles. The van der Waals surface area contributed by atoms with Crippen molar-refractivity contribution in [1.82, 2.24) is 0 Å². The standard InChI is InChI=1S/C13H15NO2S2.ClH/c1-10-4-6-11(7-5-10)18(15,16)13(9-14)12-3-2-8-17-12;/h2-8,13H,9,14H2,1H3;1H. The summed E-state index contributed by atoms with van der Waals surface area (Å²) in [5.74, 6) is 0. The van der Waals surface area contributed by atoms with Gasteiger partial charge < -0.3 is 5.73 Å². The smallest absolute Gasteiger partial charge is 0.187 e. The third-order valence-corrected chi connectivity index (χ3v) is 6.06. The van der Waals surface area contributed by atoms with Gasteiger partial charge in [0.15, 0.2) is 9.84 Å². The molecule has 1 heterocycles. The number of thiophene rings is 1.